The van der Waals surface area contributed by atoms with Gasteiger partial charge in [0, 0.05) is 16.5 Å². The fraction of sp³-hybridized carbons (Fsp3) is 0.176. The number of nitrogens with two attached hydrogens (primary N) is 1. The maximum absolute atomic E-state index is 11.3. The molecule has 0 aliphatic heterocycles. The van der Waals surface area contributed by atoms with E-state index in [9.17, 15) is 4.79 Å². The van der Waals surface area contributed by atoms with E-state index in [1.165, 1.54) is 5.56 Å². The van der Waals surface area contributed by atoms with Crippen LogP contribution in [0.25, 0.3) is 22.2 Å². The molecule has 21 heavy (non-hydrogen) atoms. The zero-order valence-corrected chi connectivity index (χ0v) is 11.9. The van der Waals surface area contributed by atoms with E-state index in [-0.39, 0.29) is 0 Å². The van der Waals surface area contributed by atoms with Gasteiger partial charge in [0.15, 0.2) is 0 Å². The molecule has 3 N–H and O–H groups in total. The molecule has 4 heteroatoms. The Morgan fingerprint density at radius 2 is 2.10 bits per heavy atom. The van der Waals surface area contributed by atoms with Crippen molar-refractivity contribution < 1.29 is 4.79 Å². The van der Waals surface area contributed by atoms with Crippen LogP contribution < -0.4 is 5.73 Å². The van der Waals surface area contributed by atoms with Crippen LogP contribution in [0.1, 0.15) is 29.3 Å². The fourth-order valence-corrected chi connectivity index (χ4v) is 2.55. The molecule has 1 amide bonds. The maximum Gasteiger partial charge on any atom is 0.248 e. The first kappa shape index (κ1) is 13.4. The molecule has 2 aromatic carbocycles. The van der Waals surface area contributed by atoms with Crippen molar-refractivity contribution in [1.29, 1.82) is 0 Å². The van der Waals surface area contributed by atoms with Crippen molar-refractivity contribution >= 4 is 16.8 Å². The van der Waals surface area contributed by atoms with Crippen LogP contribution in [-0.2, 0) is 6.42 Å². The van der Waals surface area contributed by atoms with Crippen LogP contribution in [0.15, 0.2) is 42.5 Å². The summed E-state index contributed by atoms with van der Waals surface area (Å²) in [6, 6.07) is 13.7. The van der Waals surface area contributed by atoms with Gasteiger partial charge in [-0.1, -0.05) is 31.5 Å². The maximum atomic E-state index is 11.3. The predicted octanol–water partition coefficient (Wildman–Crippen LogP) is 3.28. The molecule has 1 heterocycles. The van der Waals surface area contributed by atoms with Crippen molar-refractivity contribution in [2.75, 3.05) is 0 Å². The van der Waals surface area contributed by atoms with Gasteiger partial charge < -0.3 is 5.73 Å². The van der Waals surface area contributed by atoms with E-state index in [4.69, 9.17) is 5.73 Å². The van der Waals surface area contributed by atoms with Gasteiger partial charge in [-0.15, -0.1) is 0 Å². The number of aryl methyl sites for hydroxylation is 1. The van der Waals surface area contributed by atoms with E-state index in [1.54, 1.807) is 12.1 Å². The van der Waals surface area contributed by atoms with E-state index in [1.807, 2.05) is 18.2 Å². The second kappa shape index (κ2) is 5.40. The molecule has 0 aliphatic rings. The first-order chi connectivity index (χ1) is 10.2. The van der Waals surface area contributed by atoms with Crippen molar-refractivity contribution in [2.24, 2.45) is 5.73 Å². The van der Waals surface area contributed by atoms with Gasteiger partial charge in [0.2, 0.25) is 5.91 Å². The first-order valence-corrected chi connectivity index (χ1v) is 7.06. The van der Waals surface area contributed by atoms with Crippen LogP contribution in [0.2, 0.25) is 0 Å². The molecule has 0 spiro atoms. The quantitative estimate of drug-likeness (QED) is 0.769. The number of rotatable bonds is 4. The highest BCUT2D eigenvalue weighted by molar-refractivity contribution is 6.00. The van der Waals surface area contributed by atoms with Gasteiger partial charge in [0.25, 0.3) is 0 Å². The Bertz CT molecular complexity index is 805. The van der Waals surface area contributed by atoms with Crippen molar-refractivity contribution in [3.8, 4) is 11.3 Å². The minimum absolute atomic E-state index is 0.427. The van der Waals surface area contributed by atoms with Crippen molar-refractivity contribution in [1.82, 2.24) is 10.2 Å². The lowest BCUT2D eigenvalue weighted by Crippen LogP contribution is -2.10. The molecule has 0 unspecified atom stereocenters. The Balaban J connectivity index is 2.13. The minimum atomic E-state index is -0.427. The Kier molecular flexibility index (Phi) is 3.44. The van der Waals surface area contributed by atoms with Gasteiger partial charge in [-0.2, -0.15) is 5.10 Å². The SMILES string of the molecule is CCCc1cccc(-c2n[nH]c3ccc(C(N)=O)cc23)c1. The average Bonchev–Trinajstić information content (AvgIpc) is 2.90. The number of carbonyl (C=O) groups excluding carboxylic acids is 1. The lowest BCUT2D eigenvalue weighted by Gasteiger charge is -2.03. The zero-order chi connectivity index (χ0) is 14.8. The Morgan fingerprint density at radius 1 is 1.24 bits per heavy atom. The van der Waals surface area contributed by atoms with E-state index in [0.29, 0.717) is 5.56 Å². The highest BCUT2D eigenvalue weighted by Crippen LogP contribution is 2.27. The number of aromatic amines is 1. The van der Waals surface area contributed by atoms with Crippen LogP contribution in [0.3, 0.4) is 0 Å². The monoisotopic (exact) mass is 279 g/mol. The van der Waals surface area contributed by atoms with Gasteiger partial charge in [0.1, 0.15) is 0 Å². The van der Waals surface area contributed by atoms with Crippen LogP contribution in [0.5, 0.6) is 0 Å². The van der Waals surface area contributed by atoms with Crippen molar-refractivity contribution in [3.63, 3.8) is 0 Å². The number of nitrogens with one attached hydrogen (secondary N) is 1. The molecule has 106 valence electrons. The lowest BCUT2D eigenvalue weighted by atomic mass is 10.0. The second-order valence-electron chi connectivity index (χ2n) is 5.15. The molecular formula is C17H17N3O. The smallest absolute Gasteiger partial charge is 0.248 e. The summed E-state index contributed by atoms with van der Waals surface area (Å²) >= 11 is 0. The number of benzene rings is 2. The fourth-order valence-electron chi connectivity index (χ4n) is 2.55. The number of hydrogen-bond donors (Lipinski definition) is 2. The van der Waals surface area contributed by atoms with Gasteiger partial charge in [-0.3, -0.25) is 9.89 Å². The Morgan fingerprint density at radius 3 is 2.86 bits per heavy atom. The molecule has 0 saturated carbocycles. The summed E-state index contributed by atoms with van der Waals surface area (Å²) in [5.74, 6) is -0.427. The summed E-state index contributed by atoms with van der Waals surface area (Å²) in [6.45, 7) is 2.16. The third kappa shape index (κ3) is 2.52. The summed E-state index contributed by atoms with van der Waals surface area (Å²) < 4.78 is 0. The van der Waals surface area contributed by atoms with Crippen molar-refractivity contribution in [3.05, 3.63) is 53.6 Å². The summed E-state index contributed by atoms with van der Waals surface area (Å²) in [4.78, 5) is 11.3. The lowest BCUT2D eigenvalue weighted by molar-refractivity contribution is 0.100. The number of carbonyl (C=O) groups is 1. The Labute approximate surface area is 123 Å². The molecular weight excluding hydrogens is 262 g/mol. The van der Waals surface area contributed by atoms with Gasteiger partial charge in [-0.05, 0) is 36.2 Å². The zero-order valence-electron chi connectivity index (χ0n) is 11.9. The van der Waals surface area contributed by atoms with Gasteiger partial charge >= 0.3 is 0 Å². The van der Waals surface area contributed by atoms with Gasteiger partial charge in [-0.25, -0.2) is 0 Å². The number of nitrogens with zero attached hydrogens (tertiary/aromatic N) is 1. The molecule has 1 aromatic heterocycles. The predicted molar refractivity (Wildman–Crippen MR) is 84.0 cm³/mol. The first-order valence-electron chi connectivity index (χ1n) is 7.06. The number of amides is 1. The third-order valence-electron chi connectivity index (χ3n) is 3.59. The van der Waals surface area contributed by atoms with E-state index in [2.05, 4.69) is 29.3 Å². The molecule has 0 bridgehead atoms. The van der Waals surface area contributed by atoms with E-state index < -0.39 is 5.91 Å². The summed E-state index contributed by atoms with van der Waals surface area (Å²) in [7, 11) is 0. The number of H-pyrrole nitrogens is 1. The Hall–Kier alpha value is -2.62. The highest BCUT2D eigenvalue weighted by Gasteiger charge is 2.11. The molecule has 4 nitrogen and oxygen atoms in total. The summed E-state index contributed by atoms with van der Waals surface area (Å²) in [6.07, 6.45) is 2.15. The van der Waals surface area contributed by atoms with E-state index in [0.717, 1.165) is 35.0 Å². The number of primary amides is 1. The number of hydrogen-bond acceptors (Lipinski definition) is 2. The molecule has 0 saturated heterocycles. The number of fused-ring (bicyclic) bond motifs is 1. The number of aromatic nitrogens is 2. The summed E-state index contributed by atoms with van der Waals surface area (Å²) in [5.41, 5.74) is 9.94. The molecule has 0 aliphatic carbocycles. The third-order valence-corrected chi connectivity index (χ3v) is 3.59. The molecule has 3 aromatic rings. The highest BCUT2D eigenvalue weighted by atomic mass is 16.1. The topological polar surface area (TPSA) is 71.8 Å². The molecule has 0 radical (unpaired) electrons. The van der Waals surface area contributed by atoms with Crippen LogP contribution in [0, 0.1) is 0 Å². The largest absolute Gasteiger partial charge is 0.366 e. The van der Waals surface area contributed by atoms with Crippen LogP contribution >= 0.6 is 0 Å². The normalized spacial score (nSPS) is 10.9. The second-order valence-corrected chi connectivity index (χ2v) is 5.15. The van der Waals surface area contributed by atoms with Crippen molar-refractivity contribution in [2.45, 2.75) is 19.8 Å². The van der Waals surface area contributed by atoms with Crippen LogP contribution in [0.4, 0.5) is 0 Å². The summed E-state index contributed by atoms with van der Waals surface area (Å²) in [5, 5.41) is 8.31. The average molecular weight is 279 g/mol. The molecule has 3 rings (SSSR count). The molecule has 0 fully saturated rings. The molecule has 0 atom stereocenters. The minimum Gasteiger partial charge on any atom is -0.366 e. The standard InChI is InChI=1S/C17H17N3O/c1-2-4-11-5-3-6-12(9-11)16-14-10-13(17(18)21)7-8-15(14)19-20-16/h3,5-10H,2,4H2,1H3,(H2,18,21)(H,19,20). The van der Waals surface area contributed by atoms with E-state index >= 15 is 0 Å². The van der Waals surface area contributed by atoms with Crippen LogP contribution in [-0.4, -0.2) is 16.1 Å². The van der Waals surface area contributed by atoms with Gasteiger partial charge in [0.05, 0.1) is 11.2 Å².